The highest BCUT2D eigenvalue weighted by molar-refractivity contribution is 6.01. The van der Waals surface area contributed by atoms with Crippen molar-refractivity contribution in [3.05, 3.63) is 70.8 Å². The predicted octanol–water partition coefficient (Wildman–Crippen LogP) is 4.66. The summed E-state index contributed by atoms with van der Waals surface area (Å²) in [6.45, 7) is 4.34. The Morgan fingerprint density at radius 2 is 1.55 bits per heavy atom. The topological polar surface area (TPSA) is 61.8 Å². The first-order valence-electron chi connectivity index (χ1n) is 9.53. The molecule has 0 spiro atoms. The fraction of sp³-hybridized carbons (Fsp3) is 0.250. The van der Waals surface area contributed by atoms with Crippen LogP contribution in [-0.4, -0.2) is 11.9 Å². The van der Waals surface area contributed by atoms with Gasteiger partial charge in [-0.2, -0.15) is 0 Å². The zero-order valence-corrected chi connectivity index (χ0v) is 16.5. The van der Waals surface area contributed by atoms with E-state index in [1.165, 1.54) is 13.8 Å². The Bertz CT molecular complexity index is 1100. The van der Waals surface area contributed by atoms with E-state index >= 15 is 0 Å². The Hall–Kier alpha value is -3.18. The van der Waals surface area contributed by atoms with Gasteiger partial charge in [0.25, 0.3) is 0 Å². The Kier molecular flexibility index (Phi) is 5.32. The molecule has 0 aliphatic carbocycles. The predicted molar refractivity (Wildman–Crippen MR) is 109 cm³/mol. The Morgan fingerprint density at radius 1 is 0.862 bits per heavy atom. The third kappa shape index (κ3) is 3.87. The fourth-order valence-corrected chi connectivity index (χ4v) is 3.82. The summed E-state index contributed by atoms with van der Waals surface area (Å²) in [6, 6.07) is 16.1. The Morgan fingerprint density at radius 3 is 2.31 bits per heavy atom. The van der Waals surface area contributed by atoms with E-state index in [1.807, 2.05) is 36.4 Å². The summed E-state index contributed by atoms with van der Waals surface area (Å²) in [4.78, 5) is 22.7. The van der Waals surface area contributed by atoms with Gasteiger partial charge >= 0.3 is 11.9 Å². The second kappa shape index (κ2) is 8.05. The molecule has 0 amide bonds. The molecule has 148 valence electrons. The van der Waals surface area contributed by atoms with Crippen molar-refractivity contribution < 1.29 is 23.8 Å². The minimum Gasteiger partial charge on any atom is -0.461 e. The van der Waals surface area contributed by atoms with E-state index in [0.29, 0.717) is 13.2 Å². The van der Waals surface area contributed by atoms with Gasteiger partial charge in [-0.1, -0.05) is 42.5 Å². The van der Waals surface area contributed by atoms with Crippen molar-refractivity contribution in [2.75, 3.05) is 0 Å². The van der Waals surface area contributed by atoms with Gasteiger partial charge in [0.2, 0.25) is 0 Å². The first-order chi connectivity index (χ1) is 14.0. The molecule has 0 aromatic heterocycles. The number of carbonyl (C=O) groups is 2. The largest absolute Gasteiger partial charge is 0.461 e. The minimum atomic E-state index is -0.310. The van der Waals surface area contributed by atoms with Crippen LogP contribution in [0.2, 0.25) is 0 Å². The highest BCUT2D eigenvalue weighted by atomic mass is 16.5. The number of benzene rings is 3. The maximum atomic E-state index is 11.4. The molecule has 5 nitrogen and oxygen atoms in total. The summed E-state index contributed by atoms with van der Waals surface area (Å²) in [5.74, 6) is -0.617. The molecule has 1 aliphatic rings. The lowest BCUT2D eigenvalue weighted by molar-refractivity contribution is -0.143. The maximum absolute atomic E-state index is 11.4. The van der Waals surface area contributed by atoms with Crippen LogP contribution in [0.15, 0.2) is 48.5 Å². The molecule has 5 heteroatoms. The number of carbonyl (C=O) groups excluding carboxylic acids is 2. The zero-order valence-electron chi connectivity index (χ0n) is 16.5. The normalized spacial score (nSPS) is 12.6. The maximum Gasteiger partial charge on any atom is 0.302 e. The standard InChI is InChI=1S/C24H22O5/c1-15(25)28-12-17-6-3-4-8-20(17)24-21-9-5-7-18(13-29-16(2)26)22(21)10-19-11-27-14-23(19)24/h3-10H,11-14H2,1-2H3. The molecule has 0 N–H and O–H groups in total. The lowest BCUT2D eigenvalue weighted by Gasteiger charge is -2.18. The molecule has 0 radical (unpaired) electrons. The van der Waals surface area contributed by atoms with Crippen molar-refractivity contribution in [1.82, 2.24) is 0 Å². The number of rotatable bonds is 5. The number of ether oxygens (including phenoxy) is 3. The van der Waals surface area contributed by atoms with Crippen LogP contribution in [0.4, 0.5) is 0 Å². The first-order valence-corrected chi connectivity index (χ1v) is 9.53. The third-order valence-electron chi connectivity index (χ3n) is 5.13. The van der Waals surface area contributed by atoms with E-state index in [0.717, 1.165) is 44.2 Å². The van der Waals surface area contributed by atoms with E-state index in [1.54, 1.807) is 0 Å². The summed E-state index contributed by atoms with van der Waals surface area (Å²) in [5.41, 5.74) is 6.27. The Labute approximate surface area is 169 Å². The van der Waals surface area contributed by atoms with Gasteiger partial charge in [0, 0.05) is 13.8 Å². The average Bonchev–Trinajstić information content (AvgIpc) is 3.17. The van der Waals surface area contributed by atoms with Gasteiger partial charge in [-0.15, -0.1) is 0 Å². The van der Waals surface area contributed by atoms with Gasteiger partial charge in [0.05, 0.1) is 13.2 Å². The summed E-state index contributed by atoms with van der Waals surface area (Å²) in [7, 11) is 0. The third-order valence-corrected chi connectivity index (χ3v) is 5.13. The number of fused-ring (bicyclic) bond motifs is 2. The van der Waals surface area contributed by atoms with Gasteiger partial charge in [-0.05, 0) is 50.2 Å². The molecule has 3 aromatic rings. The molecule has 4 rings (SSSR count). The minimum absolute atomic E-state index is 0.213. The smallest absolute Gasteiger partial charge is 0.302 e. The molecule has 0 saturated heterocycles. The van der Waals surface area contributed by atoms with Crippen molar-refractivity contribution in [2.45, 2.75) is 40.3 Å². The molecule has 0 atom stereocenters. The SMILES string of the molecule is CC(=O)OCc1ccccc1-c1c2c(cc3c(COC(C)=O)cccc13)COC2. The number of esters is 2. The summed E-state index contributed by atoms with van der Waals surface area (Å²) < 4.78 is 16.3. The molecular formula is C24H22O5. The van der Waals surface area contributed by atoms with Crippen molar-refractivity contribution in [3.63, 3.8) is 0 Å². The molecule has 0 bridgehead atoms. The lowest BCUT2D eigenvalue weighted by Crippen LogP contribution is -2.03. The van der Waals surface area contributed by atoms with Crippen LogP contribution >= 0.6 is 0 Å². The molecule has 0 saturated carbocycles. The van der Waals surface area contributed by atoms with Crippen LogP contribution in [0.1, 0.15) is 36.1 Å². The lowest BCUT2D eigenvalue weighted by atomic mass is 9.87. The average molecular weight is 390 g/mol. The molecular weight excluding hydrogens is 368 g/mol. The first kappa shape index (κ1) is 19.2. The summed E-state index contributed by atoms with van der Waals surface area (Å²) >= 11 is 0. The van der Waals surface area contributed by atoms with E-state index in [4.69, 9.17) is 14.2 Å². The molecule has 0 unspecified atom stereocenters. The second-order valence-corrected chi connectivity index (χ2v) is 7.11. The highest BCUT2D eigenvalue weighted by Crippen LogP contribution is 2.40. The molecule has 29 heavy (non-hydrogen) atoms. The molecule has 1 heterocycles. The van der Waals surface area contributed by atoms with E-state index < -0.39 is 0 Å². The Balaban J connectivity index is 1.92. The van der Waals surface area contributed by atoms with E-state index in [2.05, 4.69) is 12.1 Å². The van der Waals surface area contributed by atoms with E-state index in [9.17, 15) is 9.59 Å². The van der Waals surface area contributed by atoms with Crippen molar-refractivity contribution in [1.29, 1.82) is 0 Å². The van der Waals surface area contributed by atoms with Crippen LogP contribution in [0.25, 0.3) is 21.9 Å². The van der Waals surface area contributed by atoms with Crippen LogP contribution in [0, 0.1) is 0 Å². The summed E-state index contributed by atoms with van der Waals surface area (Å²) in [5, 5.41) is 2.10. The van der Waals surface area contributed by atoms with E-state index in [-0.39, 0.29) is 25.2 Å². The number of hydrogen-bond acceptors (Lipinski definition) is 5. The van der Waals surface area contributed by atoms with Crippen LogP contribution < -0.4 is 0 Å². The van der Waals surface area contributed by atoms with Crippen LogP contribution in [0.3, 0.4) is 0 Å². The fourth-order valence-electron chi connectivity index (χ4n) is 3.82. The quantitative estimate of drug-likeness (QED) is 0.593. The molecule has 3 aromatic carbocycles. The van der Waals surface area contributed by atoms with Gasteiger partial charge < -0.3 is 14.2 Å². The monoisotopic (exact) mass is 390 g/mol. The molecule has 1 aliphatic heterocycles. The van der Waals surface area contributed by atoms with Crippen molar-refractivity contribution >= 4 is 22.7 Å². The van der Waals surface area contributed by atoms with Crippen molar-refractivity contribution in [3.8, 4) is 11.1 Å². The van der Waals surface area contributed by atoms with Gasteiger partial charge in [-0.3, -0.25) is 9.59 Å². The van der Waals surface area contributed by atoms with Crippen LogP contribution in [-0.2, 0) is 50.2 Å². The molecule has 0 fully saturated rings. The second-order valence-electron chi connectivity index (χ2n) is 7.11. The highest BCUT2D eigenvalue weighted by Gasteiger charge is 2.22. The van der Waals surface area contributed by atoms with Gasteiger partial charge in [0.1, 0.15) is 13.2 Å². The summed E-state index contributed by atoms with van der Waals surface area (Å²) in [6.07, 6.45) is 0. The van der Waals surface area contributed by atoms with Crippen LogP contribution in [0.5, 0.6) is 0 Å². The van der Waals surface area contributed by atoms with Gasteiger partial charge in [-0.25, -0.2) is 0 Å². The number of hydrogen-bond donors (Lipinski definition) is 0. The van der Waals surface area contributed by atoms with Gasteiger partial charge in [0.15, 0.2) is 0 Å². The van der Waals surface area contributed by atoms with Crippen molar-refractivity contribution in [2.24, 2.45) is 0 Å². The zero-order chi connectivity index (χ0) is 20.4.